The number of nitrogens with one attached hydrogen (secondary N) is 3. The standard InChI is InChI=1S/C19H17ClN4O3/c20-13-8-6-12(7-9-13)15-14-16(22-18(26)21-15)24(19(27)23-17(14)25)10-11-4-2-1-3-5-11/h1-9,14-16H,10H2,(H2,21,22,26)(H,23,25,27). The maximum atomic E-state index is 12.6. The Morgan fingerprint density at radius 3 is 2.33 bits per heavy atom. The van der Waals surface area contributed by atoms with E-state index < -0.39 is 36.1 Å². The van der Waals surface area contributed by atoms with Crippen LogP contribution >= 0.6 is 11.6 Å². The topological polar surface area (TPSA) is 90.5 Å². The smallest absolute Gasteiger partial charge is 0.326 e. The van der Waals surface area contributed by atoms with Crippen LogP contribution in [0, 0.1) is 5.92 Å². The third-order valence-corrected chi connectivity index (χ3v) is 5.07. The molecule has 2 aliphatic heterocycles. The van der Waals surface area contributed by atoms with Crippen molar-refractivity contribution in [3.8, 4) is 0 Å². The molecule has 3 N–H and O–H groups in total. The zero-order valence-electron chi connectivity index (χ0n) is 14.2. The monoisotopic (exact) mass is 384 g/mol. The normalized spacial score (nSPS) is 24.6. The largest absolute Gasteiger partial charge is 0.330 e. The van der Waals surface area contributed by atoms with Crippen LogP contribution in [0.4, 0.5) is 9.59 Å². The number of hydrogen-bond donors (Lipinski definition) is 3. The highest BCUT2D eigenvalue weighted by molar-refractivity contribution is 6.30. The summed E-state index contributed by atoms with van der Waals surface area (Å²) in [5, 5.41) is 8.48. The predicted octanol–water partition coefficient (Wildman–Crippen LogP) is 2.39. The number of fused-ring (bicyclic) bond motifs is 1. The van der Waals surface area contributed by atoms with Gasteiger partial charge in [0.15, 0.2) is 0 Å². The minimum Gasteiger partial charge on any atom is -0.330 e. The lowest BCUT2D eigenvalue weighted by atomic mass is 9.86. The number of carbonyl (C=O) groups is 3. The van der Waals surface area contributed by atoms with Gasteiger partial charge >= 0.3 is 12.1 Å². The van der Waals surface area contributed by atoms with Gasteiger partial charge in [-0.25, -0.2) is 9.59 Å². The third-order valence-electron chi connectivity index (χ3n) is 4.82. The average Bonchev–Trinajstić information content (AvgIpc) is 2.65. The van der Waals surface area contributed by atoms with Crippen LogP contribution in [0.1, 0.15) is 17.2 Å². The molecule has 138 valence electrons. The first-order valence-corrected chi connectivity index (χ1v) is 8.88. The molecule has 4 rings (SSSR count). The van der Waals surface area contributed by atoms with Crippen molar-refractivity contribution in [1.82, 2.24) is 20.9 Å². The van der Waals surface area contributed by atoms with Crippen LogP contribution in [0.2, 0.25) is 5.02 Å². The molecule has 2 heterocycles. The molecule has 8 heteroatoms. The fourth-order valence-corrected chi connectivity index (χ4v) is 3.67. The van der Waals surface area contributed by atoms with E-state index in [-0.39, 0.29) is 6.54 Å². The van der Waals surface area contributed by atoms with Crippen LogP contribution in [0.5, 0.6) is 0 Å². The molecule has 2 saturated heterocycles. The Morgan fingerprint density at radius 2 is 1.63 bits per heavy atom. The Kier molecular flexibility index (Phi) is 4.45. The minimum absolute atomic E-state index is 0.273. The highest BCUT2D eigenvalue weighted by Gasteiger charge is 2.49. The zero-order chi connectivity index (χ0) is 19.0. The summed E-state index contributed by atoms with van der Waals surface area (Å²) in [6, 6.07) is 14.8. The minimum atomic E-state index is -0.749. The molecule has 0 radical (unpaired) electrons. The van der Waals surface area contributed by atoms with Crippen LogP contribution in [-0.2, 0) is 11.3 Å². The number of hydrogen-bond acceptors (Lipinski definition) is 3. The van der Waals surface area contributed by atoms with E-state index in [2.05, 4.69) is 16.0 Å². The first-order valence-electron chi connectivity index (χ1n) is 8.51. The van der Waals surface area contributed by atoms with E-state index in [1.807, 2.05) is 30.3 Å². The second-order valence-corrected chi connectivity index (χ2v) is 6.96. The van der Waals surface area contributed by atoms with Crippen molar-refractivity contribution in [3.05, 3.63) is 70.7 Å². The summed E-state index contributed by atoms with van der Waals surface area (Å²) in [4.78, 5) is 38.8. The van der Waals surface area contributed by atoms with Crippen molar-refractivity contribution in [3.63, 3.8) is 0 Å². The Labute approximate surface area is 160 Å². The molecule has 2 aromatic rings. The van der Waals surface area contributed by atoms with Gasteiger partial charge in [-0.1, -0.05) is 54.1 Å². The average molecular weight is 385 g/mol. The van der Waals surface area contributed by atoms with Gasteiger partial charge in [-0.05, 0) is 23.3 Å². The summed E-state index contributed by atoms with van der Waals surface area (Å²) in [5.41, 5.74) is 1.64. The van der Waals surface area contributed by atoms with Crippen LogP contribution in [0.3, 0.4) is 0 Å². The lowest BCUT2D eigenvalue weighted by Gasteiger charge is -2.46. The van der Waals surface area contributed by atoms with Gasteiger partial charge in [-0.2, -0.15) is 0 Å². The van der Waals surface area contributed by atoms with Crippen molar-refractivity contribution >= 4 is 29.6 Å². The number of imide groups is 1. The number of amides is 5. The fourth-order valence-electron chi connectivity index (χ4n) is 3.54. The first-order chi connectivity index (χ1) is 13.0. The van der Waals surface area contributed by atoms with Crippen LogP contribution in [0.25, 0.3) is 0 Å². The van der Waals surface area contributed by atoms with Gasteiger partial charge in [0.25, 0.3) is 0 Å². The Morgan fingerprint density at radius 1 is 0.926 bits per heavy atom. The van der Waals surface area contributed by atoms with Crippen molar-refractivity contribution in [2.24, 2.45) is 5.92 Å². The maximum absolute atomic E-state index is 12.6. The number of urea groups is 2. The predicted molar refractivity (Wildman–Crippen MR) is 98.7 cm³/mol. The molecule has 2 aromatic carbocycles. The Bertz CT molecular complexity index is 888. The van der Waals surface area contributed by atoms with Crippen LogP contribution in [-0.4, -0.2) is 29.0 Å². The highest BCUT2D eigenvalue weighted by Crippen LogP contribution is 2.33. The van der Waals surface area contributed by atoms with E-state index in [4.69, 9.17) is 11.6 Å². The molecule has 0 bridgehead atoms. The van der Waals surface area contributed by atoms with E-state index in [1.54, 1.807) is 24.3 Å². The van der Waals surface area contributed by atoms with Gasteiger partial charge in [0, 0.05) is 11.6 Å². The maximum Gasteiger partial charge on any atom is 0.326 e. The summed E-state index contributed by atoms with van der Waals surface area (Å²) in [7, 11) is 0. The summed E-state index contributed by atoms with van der Waals surface area (Å²) in [5.74, 6) is -1.10. The summed E-state index contributed by atoms with van der Waals surface area (Å²) in [6.45, 7) is 0.273. The van der Waals surface area contributed by atoms with Gasteiger partial charge < -0.3 is 10.6 Å². The van der Waals surface area contributed by atoms with Gasteiger partial charge in [0.1, 0.15) is 12.1 Å². The Balaban J connectivity index is 1.68. The van der Waals surface area contributed by atoms with Gasteiger partial charge in [0.05, 0.1) is 6.04 Å². The van der Waals surface area contributed by atoms with Crippen molar-refractivity contribution in [2.75, 3.05) is 0 Å². The molecule has 27 heavy (non-hydrogen) atoms. The van der Waals surface area contributed by atoms with Crippen molar-refractivity contribution in [2.45, 2.75) is 18.8 Å². The Hall–Kier alpha value is -3.06. The van der Waals surface area contributed by atoms with E-state index in [0.29, 0.717) is 5.02 Å². The molecule has 0 spiro atoms. The summed E-state index contributed by atoms with van der Waals surface area (Å²) < 4.78 is 0. The fraction of sp³-hybridized carbons (Fsp3) is 0.211. The molecule has 2 aliphatic rings. The molecular formula is C19H17ClN4O3. The van der Waals surface area contributed by atoms with Crippen molar-refractivity contribution < 1.29 is 14.4 Å². The zero-order valence-corrected chi connectivity index (χ0v) is 14.9. The summed E-state index contributed by atoms with van der Waals surface area (Å²) in [6.07, 6.45) is -0.749. The van der Waals surface area contributed by atoms with Gasteiger partial charge in [-0.15, -0.1) is 0 Å². The van der Waals surface area contributed by atoms with Gasteiger partial charge in [0.2, 0.25) is 5.91 Å². The third kappa shape index (κ3) is 3.33. The van der Waals surface area contributed by atoms with Crippen LogP contribution < -0.4 is 16.0 Å². The number of nitrogens with zero attached hydrogens (tertiary/aromatic N) is 1. The van der Waals surface area contributed by atoms with Crippen LogP contribution in [0.15, 0.2) is 54.6 Å². The lowest BCUT2D eigenvalue weighted by Crippen LogP contribution is -2.71. The molecular weight excluding hydrogens is 368 g/mol. The number of carbonyl (C=O) groups excluding carboxylic acids is 3. The first kappa shape index (κ1) is 17.4. The molecule has 3 atom stereocenters. The highest BCUT2D eigenvalue weighted by atomic mass is 35.5. The molecule has 2 fully saturated rings. The number of halogens is 1. The molecule has 0 aliphatic carbocycles. The quantitative estimate of drug-likeness (QED) is 0.758. The second-order valence-electron chi connectivity index (χ2n) is 6.53. The number of rotatable bonds is 3. The number of benzene rings is 2. The molecule has 3 unspecified atom stereocenters. The van der Waals surface area contributed by atoms with E-state index >= 15 is 0 Å². The van der Waals surface area contributed by atoms with E-state index in [1.165, 1.54) is 4.90 Å². The SMILES string of the molecule is O=C1NC(c2ccc(Cl)cc2)C2C(=O)NC(=O)N(Cc3ccccc3)C2N1. The molecule has 7 nitrogen and oxygen atoms in total. The second kappa shape index (κ2) is 6.92. The lowest BCUT2D eigenvalue weighted by molar-refractivity contribution is -0.130. The molecule has 5 amide bonds. The molecule has 0 aromatic heterocycles. The van der Waals surface area contributed by atoms with E-state index in [0.717, 1.165) is 11.1 Å². The summed E-state index contributed by atoms with van der Waals surface area (Å²) >= 11 is 5.95. The molecule has 0 saturated carbocycles. The van der Waals surface area contributed by atoms with Crippen molar-refractivity contribution in [1.29, 1.82) is 0 Å². The van der Waals surface area contributed by atoms with E-state index in [9.17, 15) is 14.4 Å². The van der Waals surface area contributed by atoms with Gasteiger partial charge in [-0.3, -0.25) is 15.0 Å².